The average Bonchev–Trinajstić information content (AvgIpc) is 2.78. The lowest BCUT2D eigenvalue weighted by molar-refractivity contribution is 0.0688. The van der Waals surface area contributed by atoms with Gasteiger partial charge in [0.15, 0.2) is 5.69 Å². The fourth-order valence-electron chi connectivity index (χ4n) is 1.99. The Hall–Kier alpha value is -1.76. The molecule has 0 unspecified atom stereocenters. The zero-order chi connectivity index (χ0) is 14.9. The van der Waals surface area contributed by atoms with Gasteiger partial charge < -0.3 is 5.11 Å². The fourth-order valence-corrected chi connectivity index (χ4v) is 2.36. The van der Waals surface area contributed by atoms with E-state index < -0.39 is 5.97 Å². The van der Waals surface area contributed by atoms with E-state index in [0.29, 0.717) is 11.3 Å². The Morgan fingerprint density at radius 1 is 1.50 bits per heavy atom. The van der Waals surface area contributed by atoms with Gasteiger partial charge in [-0.3, -0.25) is 0 Å². The number of nitrogens with zero attached hydrogens (tertiary/aromatic N) is 3. The van der Waals surface area contributed by atoms with Crippen molar-refractivity contribution in [2.75, 3.05) is 0 Å². The van der Waals surface area contributed by atoms with Crippen LogP contribution in [0.2, 0.25) is 0 Å². The molecule has 20 heavy (non-hydrogen) atoms. The van der Waals surface area contributed by atoms with Crippen LogP contribution in [0.4, 0.5) is 4.39 Å². The summed E-state index contributed by atoms with van der Waals surface area (Å²) in [5.41, 5.74) is 1.13. The van der Waals surface area contributed by atoms with Gasteiger partial charge >= 0.3 is 5.97 Å². The predicted molar refractivity (Wildman–Crippen MR) is 74.3 cm³/mol. The second-order valence-electron chi connectivity index (χ2n) is 4.68. The van der Waals surface area contributed by atoms with Gasteiger partial charge in [0, 0.05) is 4.47 Å². The fraction of sp³-hybridized carbons (Fsp3) is 0.308. The van der Waals surface area contributed by atoms with Crippen molar-refractivity contribution in [3.05, 3.63) is 45.4 Å². The molecule has 0 aliphatic heterocycles. The summed E-state index contributed by atoms with van der Waals surface area (Å²) in [6, 6.07) is 4.34. The van der Waals surface area contributed by atoms with Gasteiger partial charge in [0.05, 0.1) is 12.2 Å². The maximum Gasteiger partial charge on any atom is 0.358 e. The molecule has 0 atom stereocenters. The molecule has 0 fully saturated rings. The minimum atomic E-state index is -1.11. The number of benzene rings is 1. The SMILES string of the molecule is CC(C)c1c(C(=O)O)nnn1Cc1cc(F)ccc1Br. The predicted octanol–water partition coefficient (Wildman–Crippen LogP) is 3.05. The number of carboxylic acids is 1. The highest BCUT2D eigenvalue weighted by Gasteiger charge is 2.21. The van der Waals surface area contributed by atoms with E-state index in [1.807, 2.05) is 13.8 Å². The zero-order valence-electron chi connectivity index (χ0n) is 11.0. The lowest BCUT2D eigenvalue weighted by atomic mass is 10.1. The van der Waals surface area contributed by atoms with E-state index in [9.17, 15) is 9.18 Å². The second-order valence-corrected chi connectivity index (χ2v) is 5.53. The minimum absolute atomic E-state index is 0.0524. The molecule has 0 aliphatic carbocycles. The quantitative estimate of drug-likeness (QED) is 0.927. The molecule has 106 valence electrons. The van der Waals surface area contributed by atoms with Crippen LogP contribution in [0.25, 0.3) is 0 Å². The van der Waals surface area contributed by atoms with Crippen LogP contribution in [-0.4, -0.2) is 26.1 Å². The molecule has 7 heteroatoms. The highest BCUT2D eigenvalue weighted by atomic mass is 79.9. The standard InChI is InChI=1S/C13H13BrFN3O2/c1-7(2)12-11(13(19)20)16-17-18(12)6-8-5-9(15)3-4-10(8)14/h3-5,7H,6H2,1-2H3,(H,19,20). The summed E-state index contributed by atoms with van der Waals surface area (Å²) in [5.74, 6) is -1.52. The van der Waals surface area contributed by atoms with Gasteiger partial charge in [-0.15, -0.1) is 5.10 Å². The van der Waals surface area contributed by atoms with Gasteiger partial charge in [0.1, 0.15) is 5.82 Å². The van der Waals surface area contributed by atoms with Crippen LogP contribution < -0.4 is 0 Å². The summed E-state index contributed by atoms with van der Waals surface area (Å²) in [7, 11) is 0. The molecular weight excluding hydrogens is 329 g/mol. The van der Waals surface area contributed by atoms with Crippen LogP contribution >= 0.6 is 15.9 Å². The number of rotatable bonds is 4. The van der Waals surface area contributed by atoms with Gasteiger partial charge in [-0.2, -0.15) is 0 Å². The van der Waals surface area contributed by atoms with Crippen molar-refractivity contribution < 1.29 is 14.3 Å². The number of hydrogen-bond acceptors (Lipinski definition) is 3. The Bertz CT molecular complexity index is 655. The molecule has 0 saturated carbocycles. The van der Waals surface area contributed by atoms with Crippen LogP contribution in [0.1, 0.15) is 41.5 Å². The lowest BCUT2D eigenvalue weighted by Gasteiger charge is -2.11. The van der Waals surface area contributed by atoms with E-state index in [4.69, 9.17) is 5.11 Å². The van der Waals surface area contributed by atoms with Crippen molar-refractivity contribution in [1.29, 1.82) is 0 Å². The number of aromatic nitrogens is 3. The van der Waals surface area contributed by atoms with Crippen LogP contribution in [0.15, 0.2) is 22.7 Å². The van der Waals surface area contributed by atoms with Crippen molar-refractivity contribution in [1.82, 2.24) is 15.0 Å². The van der Waals surface area contributed by atoms with Gasteiger partial charge in [0.2, 0.25) is 0 Å². The second kappa shape index (κ2) is 5.70. The zero-order valence-corrected chi connectivity index (χ0v) is 12.6. The minimum Gasteiger partial charge on any atom is -0.476 e. The largest absolute Gasteiger partial charge is 0.476 e. The van der Waals surface area contributed by atoms with Crippen molar-refractivity contribution in [2.24, 2.45) is 0 Å². The molecule has 1 heterocycles. The first kappa shape index (κ1) is 14.6. The Labute approximate surface area is 123 Å². The Morgan fingerprint density at radius 3 is 2.80 bits per heavy atom. The first-order valence-electron chi connectivity index (χ1n) is 6.00. The van der Waals surface area contributed by atoms with Crippen LogP contribution in [0.3, 0.4) is 0 Å². The lowest BCUT2D eigenvalue weighted by Crippen LogP contribution is -2.11. The topological polar surface area (TPSA) is 68.0 Å². The summed E-state index contributed by atoms with van der Waals surface area (Å²) in [5, 5.41) is 16.7. The Balaban J connectivity index is 2.43. The van der Waals surface area contributed by atoms with Crippen LogP contribution in [-0.2, 0) is 6.54 Å². The number of hydrogen-bond donors (Lipinski definition) is 1. The number of aromatic carboxylic acids is 1. The summed E-state index contributed by atoms with van der Waals surface area (Å²) in [4.78, 5) is 11.1. The molecule has 0 spiro atoms. The maximum atomic E-state index is 13.3. The number of carboxylic acid groups (broad SMARTS) is 1. The molecule has 0 bridgehead atoms. The third kappa shape index (κ3) is 2.87. The highest BCUT2D eigenvalue weighted by Crippen LogP contribution is 2.22. The molecule has 2 aromatic rings. The summed E-state index contributed by atoms with van der Waals surface area (Å²) < 4.78 is 15.5. The number of carbonyl (C=O) groups is 1. The van der Waals surface area contributed by atoms with E-state index in [1.54, 1.807) is 6.07 Å². The summed E-state index contributed by atoms with van der Waals surface area (Å²) in [6.07, 6.45) is 0. The van der Waals surface area contributed by atoms with Crippen molar-refractivity contribution >= 4 is 21.9 Å². The molecule has 2 rings (SSSR count). The third-order valence-electron chi connectivity index (χ3n) is 2.85. The van der Waals surface area contributed by atoms with Crippen molar-refractivity contribution in [3.63, 3.8) is 0 Å². The van der Waals surface area contributed by atoms with E-state index in [0.717, 1.165) is 4.47 Å². The molecular formula is C13H13BrFN3O2. The molecule has 0 aliphatic rings. The monoisotopic (exact) mass is 341 g/mol. The van der Waals surface area contributed by atoms with Crippen LogP contribution in [0, 0.1) is 5.82 Å². The van der Waals surface area contributed by atoms with E-state index >= 15 is 0 Å². The normalized spacial score (nSPS) is 11.1. The third-order valence-corrected chi connectivity index (χ3v) is 3.62. The van der Waals surface area contributed by atoms with Crippen LogP contribution in [0.5, 0.6) is 0 Å². The molecule has 1 N–H and O–H groups in total. The smallest absolute Gasteiger partial charge is 0.358 e. The molecule has 1 aromatic heterocycles. The molecule has 0 amide bonds. The molecule has 1 aromatic carbocycles. The molecule has 0 radical (unpaired) electrons. The van der Waals surface area contributed by atoms with Gasteiger partial charge in [-0.05, 0) is 29.7 Å². The molecule has 0 saturated heterocycles. The van der Waals surface area contributed by atoms with Crippen molar-refractivity contribution in [2.45, 2.75) is 26.3 Å². The first-order chi connectivity index (χ1) is 9.40. The van der Waals surface area contributed by atoms with Gasteiger partial charge in [0.25, 0.3) is 0 Å². The Morgan fingerprint density at radius 2 is 2.20 bits per heavy atom. The van der Waals surface area contributed by atoms with Gasteiger partial charge in [-0.25, -0.2) is 13.9 Å². The van der Waals surface area contributed by atoms with E-state index in [1.165, 1.54) is 16.8 Å². The van der Waals surface area contributed by atoms with E-state index in [-0.39, 0.29) is 24.0 Å². The summed E-state index contributed by atoms with van der Waals surface area (Å²) >= 11 is 3.34. The maximum absolute atomic E-state index is 13.3. The van der Waals surface area contributed by atoms with Gasteiger partial charge in [-0.1, -0.05) is 35.0 Å². The van der Waals surface area contributed by atoms with E-state index in [2.05, 4.69) is 26.2 Å². The highest BCUT2D eigenvalue weighted by molar-refractivity contribution is 9.10. The summed E-state index contributed by atoms with van der Waals surface area (Å²) in [6.45, 7) is 3.98. The van der Waals surface area contributed by atoms with Crippen molar-refractivity contribution in [3.8, 4) is 0 Å². The first-order valence-corrected chi connectivity index (χ1v) is 6.80. The number of halogens is 2. The molecule has 5 nitrogen and oxygen atoms in total. The average molecular weight is 342 g/mol. The Kier molecular flexibility index (Phi) is 4.17.